The number of hydrogen-bond acceptors (Lipinski definition) is 2. The Bertz CT molecular complexity index is 283. The number of hydrogen-bond donors (Lipinski definition) is 2. The standard InChI is InChI=1S/C15H30N2O/c1-7-8-9-16-13(18)11(2)17-10-12-14(3,4)15(12,5)6/h11-12,17H,7-10H2,1-6H3,(H,16,18). The number of carbonyl (C=O) groups excluding carboxylic acids is 1. The maximum atomic E-state index is 11.8. The van der Waals surface area contributed by atoms with E-state index in [2.05, 4.69) is 45.3 Å². The number of rotatable bonds is 7. The van der Waals surface area contributed by atoms with Gasteiger partial charge in [-0.05, 0) is 36.6 Å². The van der Waals surface area contributed by atoms with Crippen LogP contribution in [0.4, 0.5) is 0 Å². The maximum Gasteiger partial charge on any atom is 0.236 e. The lowest BCUT2D eigenvalue weighted by Crippen LogP contribution is -2.43. The first-order valence-electron chi connectivity index (χ1n) is 7.26. The van der Waals surface area contributed by atoms with Gasteiger partial charge in [0.15, 0.2) is 0 Å². The van der Waals surface area contributed by atoms with Crippen molar-refractivity contribution in [1.29, 1.82) is 0 Å². The van der Waals surface area contributed by atoms with Crippen molar-refractivity contribution in [3.8, 4) is 0 Å². The average molecular weight is 254 g/mol. The maximum absolute atomic E-state index is 11.8. The van der Waals surface area contributed by atoms with Crippen LogP contribution in [0.15, 0.2) is 0 Å². The van der Waals surface area contributed by atoms with Crippen LogP contribution in [0.5, 0.6) is 0 Å². The van der Waals surface area contributed by atoms with E-state index in [0.717, 1.165) is 25.9 Å². The van der Waals surface area contributed by atoms with Gasteiger partial charge >= 0.3 is 0 Å². The first kappa shape index (κ1) is 15.5. The zero-order valence-electron chi connectivity index (χ0n) is 12.9. The molecule has 3 heteroatoms. The van der Waals surface area contributed by atoms with Gasteiger partial charge in [0.2, 0.25) is 5.91 Å². The number of carbonyl (C=O) groups is 1. The summed E-state index contributed by atoms with van der Waals surface area (Å²) in [6.45, 7) is 15.0. The Kier molecular flexibility index (Phi) is 4.82. The molecule has 3 nitrogen and oxygen atoms in total. The zero-order valence-corrected chi connectivity index (χ0v) is 12.9. The summed E-state index contributed by atoms with van der Waals surface area (Å²) in [5, 5.41) is 6.34. The molecule has 0 bridgehead atoms. The van der Waals surface area contributed by atoms with E-state index in [9.17, 15) is 4.79 Å². The molecule has 1 aliphatic rings. The molecule has 1 aliphatic carbocycles. The van der Waals surface area contributed by atoms with Gasteiger partial charge in [0.1, 0.15) is 0 Å². The van der Waals surface area contributed by atoms with Gasteiger partial charge in [-0.3, -0.25) is 4.79 Å². The molecule has 1 rings (SSSR count). The summed E-state index contributed by atoms with van der Waals surface area (Å²) in [6, 6.07) is -0.0888. The van der Waals surface area contributed by atoms with E-state index in [1.807, 2.05) is 6.92 Å². The summed E-state index contributed by atoms with van der Waals surface area (Å²) in [5.74, 6) is 0.788. The molecule has 0 spiro atoms. The van der Waals surface area contributed by atoms with E-state index in [0.29, 0.717) is 16.7 Å². The molecule has 2 N–H and O–H groups in total. The van der Waals surface area contributed by atoms with Gasteiger partial charge in [-0.2, -0.15) is 0 Å². The van der Waals surface area contributed by atoms with E-state index in [4.69, 9.17) is 0 Å². The van der Waals surface area contributed by atoms with Crippen LogP contribution in [0.1, 0.15) is 54.4 Å². The van der Waals surface area contributed by atoms with Gasteiger partial charge in [0.05, 0.1) is 6.04 Å². The van der Waals surface area contributed by atoms with Crippen molar-refractivity contribution < 1.29 is 4.79 Å². The van der Waals surface area contributed by atoms with Crippen molar-refractivity contribution in [2.24, 2.45) is 16.7 Å². The Morgan fingerprint density at radius 3 is 2.22 bits per heavy atom. The Balaban J connectivity index is 2.26. The summed E-state index contributed by atoms with van der Waals surface area (Å²) in [5.41, 5.74) is 0.775. The monoisotopic (exact) mass is 254 g/mol. The third-order valence-corrected chi connectivity index (χ3v) is 5.17. The molecule has 1 saturated carbocycles. The zero-order chi connectivity index (χ0) is 14.0. The molecule has 0 aromatic carbocycles. The van der Waals surface area contributed by atoms with Gasteiger partial charge in [-0.1, -0.05) is 41.0 Å². The van der Waals surface area contributed by atoms with Gasteiger partial charge in [-0.15, -0.1) is 0 Å². The highest BCUT2D eigenvalue weighted by Gasteiger charge is 2.63. The molecule has 18 heavy (non-hydrogen) atoms. The van der Waals surface area contributed by atoms with Crippen LogP contribution in [0, 0.1) is 16.7 Å². The molecule has 106 valence electrons. The predicted molar refractivity (Wildman–Crippen MR) is 76.4 cm³/mol. The normalized spacial score (nSPS) is 22.6. The Morgan fingerprint density at radius 2 is 1.78 bits per heavy atom. The van der Waals surface area contributed by atoms with Crippen LogP contribution < -0.4 is 10.6 Å². The lowest BCUT2D eigenvalue weighted by atomic mass is 10.0. The van der Waals surface area contributed by atoms with E-state index in [1.165, 1.54) is 0 Å². The van der Waals surface area contributed by atoms with Gasteiger partial charge in [-0.25, -0.2) is 0 Å². The predicted octanol–water partition coefficient (Wildman–Crippen LogP) is 2.56. The molecule has 0 aromatic heterocycles. The first-order chi connectivity index (χ1) is 8.25. The minimum atomic E-state index is -0.0888. The molecular formula is C15H30N2O. The summed E-state index contributed by atoms with van der Waals surface area (Å²) >= 11 is 0. The molecule has 1 atom stereocenters. The van der Waals surface area contributed by atoms with Crippen molar-refractivity contribution in [2.45, 2.75) is 60.4 Å². The first-order valence-corrected chi connectivity index (χ1v) is 7.26. The number of nitrogens with one attached hydrogen (secondary N) is 2. The topological polar surface area (TPSA) is 41.1 Å². The summed E-state index contributed by atoms with van der Waals surface area (Å²) < 4.78 is 0. The quantitative estimate of drug-likeness (QED) is 0.686. The van der Waals surface area contributed by atoms with Gasteiger partial charge in [0.25, 0.3) is 0 Å². The van der Waals surface area contributed by atoms with E-state index in [-0.39, 0.29) is 11.9 Å². The minimum Gasteiger partial charge on any atom is -0.355 e. The minimum absolute atomic E-state index is 0.0888. The fourth-order valence-electron chi connectivity index (χ4n) is 2.77. The second-order valence-electron chi connectivity index (χ2n) is 6.77. The molecule has 0 saturated heterocycles. The van der Waals surface area contributed by atoms with Crippen LogP contribution in [0.3, 0.4) is 0 Å². The van der Waals surface area contributed by atoms with E-state index >= 15 is 0 Å². The molecular weight excluding hydrogens is 224 g/mol. The summed E-state index contributed by atoms with van der Waals surface area (Å²) in [7, 11) is 0. The van der Waals surface area contributed by atoms with Crippen molar-refractivity contribution in [2.75, 3.05) is 13.1 Å². The molecule has 1 amide bonds. The molecule has 0 radical (unpaired) electrons. The van der Waals surface area contributed by atoms with Crippen molar-refractivity contribution in [1.82, 2.24) is 10.6 Å². The highest BCUT2D eigenvalue weighted by Crippen LogP contribution is 2.67. The van der Waals surface area contributed by atoms with Crippen LogP contribution in [0.25, 0.3) is 0 Å². The number of unbranched alkanes of at least 4 members (excludes halogenated alkanes) is 1. The highest BCUT2D eigenvalue weighted by molar-refractivity contribution is 5.81. The van der Waals surface area contributed by atoms with E-state index in [1.54, 1.807) is 0 Å². The fourth-order valence-corrected chi connectivity index (χ4v) is 2.77. The summed E-state index contributed by atoms with van der Waals surface area (Å²) in [6.07, 6.45) is 2.17. The second kappa shape index (κ2) is 5.60. The third kappa shape index (κ3) is 3.05. The molecule has 1 unspecified atom stereocenters. The van der Waals surface area contributed by atoms with Crippen LogP contribution in [0.2, 0.25) is 0 Å². The smallest absolute Gasteiger partial charge is 0.236 e. The lowest BCUT2D eigenvalue weighted by molar-refractivity contribution is -0.122. The van der Waals surface area contributed by atoms with Crippen molar-refractivity contribution in [3.63, 3.8) is 0 Å². The Morgan fingerprint density at radius 1 is 1.22 bits per heavy atom. The molecule has 0 heterocycles. The van der Waals surface area contributed by atoms with E-state index < -0.39 is 0 Å². The highest BCUT2D eigenvalue weighted by atomic mass is 16.2. The van der Waals surface area contributed by atoms with Crippen molar-refractivity contribution >= 4 is 5.91 Å². The fraction of sp³-hybridized carbons (Fsp3) is 0.933. The lowest BCUT2D eigenvalue weighted by Gasteiger charge is -2.14. The van der Waals surface area contributed by atoms with Crippen molar-refractivity contribution in [3.05, 3.63) is 0 Å². The molecule has 0 aliphatic heterocycles. The second-order valence-corrected chi connectivity index (χ2v) is 6.77. The molecule has 1 fully saturated rings. The number of amides is 1. The summed E-state index contributed by atoms with van der Waals surface area (Å²) in [4.78, 5) is 11.8. The van der Waals surface area contributed by atoms with Crippen LogP contribution in [-0.2, 0) is 4.79 Å². The third-order valence-electron chi connectivity index (χ3n) is 5.17. The van der Waals surface area contributed by atoms with Gasteiger partial charge in [0, 0.05) is 6.54 Å². The van der Waals surface area contributed by atoms with Gasteiger partial charge < -0.3 is 10.6 Å². The van der Waals surface area contributed by atoms with Crippen LogP contribution in [-0.4, -0.2) is 25.0 Å². The average Bonchev–Trinajstić information content (AvgIpc) is 2.66. The Labute approximate surface area is 112 Å². The van der Waals surface area contributed by atoms with Crippen LogP contribution >= 0.6 is 0 Å². The largest absolute Gasteiger partial charge is 0.355 e. The SMILES string of the molecule is CCCCNC(=O)C(C)NCC1C(C)(C)C1(C)C. The Hall–Kier alpha value is -0.570. The molecule has 0 aromatic rings.